The first kappa shape index (κ1) is 16.7. The Bertz CT molecular complexity index is 720. The molecule has 1 fully saturated rings. The van der Waals surface area contributed by atoms with Gasteiger partial charge < -0.3 is 5.11 Å². The van der Waals surface area contributed by atoms with Crippen LogP contribution in [0.5, 0.6) is 0 Å². The molecule has 0 saturated carbocycles. The second-order valence-electron chi connectivity index (χ2n) is 4.81. The molecule has 10 heteroatoms. The van der Waals surface area contributed by atoms with Crippen molar-refractivity contribution in [3.8, 4) is 0 Å². The number of piperidine rings is 1. The summed E-state index contributed by atoms with van der Waals surface area (Å²) < 4.78 is 26.2. The molecule has 22 heavy (non-hydrogen) atoms. The summed E-state index contributed by atoms with van der Waals surface area (Å²) in [7, 11) is -4.38. The molecule has 120 valence electrons. The van der Waals surface area contributed by atoms with Crippen molar-refractivity contribution >= 4 is 33.3 Å². The molecule has 0 bridgehead atoms. The van der Waals surface area contributed by atoms with Crippen LogP contribution in [0, 0.1) is 10.1 Å². The quantitative estimate of drug-likeness (QED) is 0.655. The molecule has 1 saturated heterocycles. The van der Waals surface area contributed by atoms with E-state index in [9.17, 15) is 28.4 Å². The van der Waals surface area contributed by atoms with E-state index in [2.05, 4.69) is 0 Å². The lowest BCUT2D eigenvalue weighted by Crippen LogP contribution is -2.48. The third-order valence-electron chi connectivity index (χ3n) is 3.45. The van der Waals surface area contributed by atoms with E-state index in [0.29, 0.717) is 12.8 Å². The molecule has 8 nitrogen and oxygen atoms in total. The molecule has 1 atom stereocenters. The van der Waals surface area contributed by atoms with E-state index < -0.39 is 37.5 Å². The zero-order chi connectivity index (χ0) is 16.5. The minimum atomic E-state index is -4.38. The van der Waals surface area contributed by atoms with Crippen molar-refractivity contribution in [2.75, 3.05) is 6.54 Å². The smallest absolute Gasteiger partial charge is 0.322 e. The van der Waals surface area contributed by atoms with Gasteiger partial charge in [0.25, 0.3) is 15.7 Å². The van der Waals surface area contributed by atoms with Crippen LogP contribution in [0.25, 0.3) is 0 Å². The monoisotopic (exact) mass is 348 g/mol. The van der Waals surface area contributed by atoms with Crippen LogP contribution in [0.4, 0.5) is 5.69 Å². The van der Waals surface area contributed by atoms with Gasteiger partial charge in [0.1, 0.15) is 6.04 Å². The van der Waals surface area contributed by atoms with E-state index in [1.807, 2.05) is 0 Å². The minimum absolute atomic E-state index is 0.0122. The maximum absolute atomic E-state index is 12.7. The summed E-state index contributed by atoms with van der Waals surface area (Å²) in [5.41, 5.74) is -0.665. The molecule has 0 radical (unpaired) electrons. The highest BCUT2D eigenvalue weighted by Crippen LogP contribution is 2.35. The van der Waals surface area contributed by atoms with Gasteiger partial charge in [-0.3, -0.25) is 14.9 Å². The number of hydrogen-bond acceptors (Lipinski definition) is 5. The topological polar surface area (TPSA) is 118 Å². The third kappa shape index (κ3) is 2.92. The van der Waals surface area contributed by atoms with Crippen molar-refractivity contribution in [2.45, 2.75) is 30.2 Å². The van der Waals surface area contributed by atoms with Gasteiger partial charge in [0, 0.05) is 12.6 Å². The summed E-state index contributed by atoms with van der Waals surface area (Å²) in [6, 6.07) is 2.28. The van der Waals surface area contributed by atoms with E-state index in [0.717, 1.165) is 10.4 Å². The van der Waals surface area contributed by atoms with Gasteiger partial charge in [-0.15, -0.1) is 0 Å². The van der Waals surface area contributed by atoms with Crippen LogP contribution >= 0.6 is 11.6 Å². The Balaban J connectivity index is 2.60. The molecular weight excluding hydrogens is 336 g/mol. The van der Waals surface area contributed by atoms with Gasteiger partial charge >= 0.3 is 5.97 Å². The average molecular weight is 349 g/mol. The largest absolute Gasteiger partial charge is 0.480 e. The molecule has 1 unspecified atom stereocenters. The van der Waals surface area contributed by atoms with E-state index in [4.69, 9.17) is 11.6 Å². The van der Waals surface area contributed by atoms with Gasteiger partial charge in [0.05, 0.1) is 9.95 Å². The van der Waals surface area contributed by atoms with E-state index in [1.165, 1.54) is 12.1 Å². The Morgan fingerprint density at radius 1 is 1.41 bits per heavy atom. The van der Waals surface area contributed by atoms with Crippen LogP contribution < -0.4 is 0 Å². The molecule has 0 aliphatic carbocycles. The van der Waals surface area contributed by atoms with Crippen LogP contribution in [-0.4, -0.2) is 41.3 Å². The van der Waals surface area contributed by atoms with Gasteiger partial charge in [-0.05, 0) is 25.3 Å². The Hall–Kier alpha value is -1.71. The predicted molar refractivity (Wildman–Crippen MR) is 77.3 cm³/mol. The second kappa shape index (κ2) is 6.19. The van der Waals surface area contributed by atoms with Crippen LogP contribution in [-0.2, 0) is 14.8 Å². The summed E-state index contributed by atoms with van der Waals surface area (Å²) >= 11 is 5.85. The number of sulfonamides is 1. The molecule has 2 rings (SSSR count). The van der Waals surface area contributed by atoms with Crippen LogP contribution in [0.2, 0.25) is 5.02 Å². The Morgan fingerprint density at radius 2 is 2.09 bits per heavy atom. The zero-order valence-corrected chi connectivity index (χ0v) is 12.9. The molecule has 1 heterocycles. The predicted octanol–water partition coefficient (Wildman–Crippen LogP) is 1.88. The summed E-state index contributed by atoms with van der Waals surface area (Å²) in [5, 5.41) is 20.0. The molecule has 1 aromatic carbocycles. The Kier molecular flexibility index (Phi) is 4.69. The first-order valence-electron chi connectivity index (χ1n) is 6.44. The van der Waals surface area contributed by atoms with Gasteiger partial charge in [0.15, 0.2) is 4.90 Å². The average Bonchev–Trinajstić information content (AvgIpc) is 2.46. The number of benzene rings is 1. The van der Waals surface area contributed by atoms with Gasteiger partial charge in [-0.25, -0.2) is 8.42 Å². The highest BCUT2D eigenvalue weighted by molar-refractivity contribution is 7.89. The molecule has 1 aliphatic heterocycles. The number of rotatable bonds is 4. The van der Waals surface area contributed by atoms with E-state index in [1.54, 1.807) is 0 Å². The normalized spacial score (nSPS) is 19.8. The van der Waals surface area contributed by atoms with Crippen LogP contribution in [0.15, 0.2) is 23.1 Å². The molecule has 1 N–H and O–H groups in total. The maximum atomic E-state index is 12.7. The minimum Gasteiger partial charge on any atom is -0.480 e. The summed E-state index contributed by atoms with van der Waals surface area (Å²) in [4.78, 5) is 20.8. The number of halogens is 1. The number of aliphatic carboxylic acids is 1. The highest BCUT2D eigenvalue weighted by atomic mass is 35.5. The fraction of sp³-hybridized carbons (Fsp3) is 0.417. The number of hydrogen-bond donors (Lipinski definition) is 1. The number of nitro benzene ring substituents is 1. The SMILES string of the molecule is O=C(O)C1CCCCN1S(=O)(=O)c1c(Cl)cccc1[N+](=O)[O-]. The maximum Gasteiger partial charge on any atom is 0.322 e. The summed E-state index contributed by atoms with van der Waals surface area (Å²) in [6.45, 7) is -0.0122. The zero-order valence-electron chi connectivity index (χ0n) is 11.3. The number of carboxylic acids is 1. The standard InChI is InChI=1S/C12H13ClN2O6S/c13-8-4-3-6-9(15(18)19)11(8)22(20,21)14-7-2-1-5-10(14)12(16)17/h3-4,6,10H,1-2,5,7H2,(H,16,17). The molecule has 1 aliphatic rings. The van der Waals surface area contributed by atoms with Crippen molar-refractivity contribution in [1.29, 1.82) is 0 Å². The van der Waals surface area contributed by atoms with Crippen molar-refractivity contribution in [2.24, 2.45) is 0 Å². The lowest BCUT2D eigenvalue weighted by Gasteiger charge is -2.31. The first-order valence-corrected chi connectivity index (χ1v) is 8.26. The van der Waals surface area contributed by atoms with Gasteiger partial charge in [-0.2, -0.15) is 4.31 Å². The van der Waals surface area contributed by atoms with E-state index >= 15 is 0 Å². The first-order chi connectivity index (χ1) is 10.3. The molecule has 0 amide bonds. The summed E-state index contributed by atoms with van der Waals surface area (Å²) in [6.07, 6.45) is 1.22. The molecule has 1 aromatic rings. The fourth-order valence-electron chi connectivity index (χ4n) is 2.45. The van der Waals surface area contributed by atoms with E-state index in [-0.39, 0.29) is 18.0 Å². The Labute approximate surface area is 131 Å². The molecule has 0 aromatic heterocycles. The van der Waals surface area contributed by atoms with Gasteiger partial charge in [0.2, 0.25) is 0 Å². The lowest BCUT2D eigenvalue weighted by atomic mass is 10.1. The molecular formula is C12H13ClN2O6S. The van der Waals surface area contributed by atoms with Crippen LogP contribution in [0.1, 0.15) is 19.3 Å². The third-order valence-corrected chi connectivity index (χ3v) is 5.87. The van der Waals surface area contributed by atoms with Crippen molar-refractivity contribution < 1.29 is 23.2 Å². The lowest BCUT2D eigenvalue weighted by molar-refractivity contribution is -0.387. The van der Waals surface area contributed by atoms with Gasteiger partial charge in [-0.1, -0.05) is 17.7 Å². The van der Waals surface area contributed by atoms with Crippen LogP contribution in [0.3, 0.4) is 0 Å². The molecule has 0 spiro atoms. The fourth-order valence-corrected chi connectivity index (χ4v) is 4.77. The number of nitro groups is 1. The number of carbonyl (C=O) groups is 1. The highest BCUT2D eigenvalue weighted by Gasteiger charge is 2.41. The van der Waals surface area contributed by atoms with Crippen molar-refractivity contribution in [3.05, 3.63) is 33.3 Å². The number of carboxylic acid groups (broad SMARTS) is 1. The summed E-state index contributed by atoms with van der Waals surface area (Å²) in [5.74, 6) is -1.28. The number of nitrogens with zero attached hydrogens (tertiary/aromatic N) is 2. The van der Waals surface area contributed by atoms with Crippen molar-refractivity contribution in [1.82, 2.24) is 4.31 Å². The van der Waals surface area contributed by atoms with Crippen molar-refractivity contribution in [3.63, 3.8) is 0 Å². The Morgan fingerprint density at radius 3 is 2.68 bits per heavy atom. The second-order valence-corrected chi connectivity index (χ2v) is 7.05.